The minimum Gasteiger partial charge on any atom is -0.486 e. The Balaban J connectivity index is 1.93. The number of ether oxygens (including phenoxy) is 1. The lowest BCUT2D eigenvalue weighted by Gasteiger charge is -2.05. The molecule has 0 atom stereocenters. The SMILES string of the molecule is CC(C)n1cc(OCc2ccc(CO)cc2)cn1. The molecule has 0 aliphatic heterocycles. The number of aliphatic hydroxyl groups excluding tert-OH is 1. The van der Waals surface area contributed by atoms with E-state index in [2.05, 4.69) is 18.9 Å². The van der Waals surface area contributed by atoms with Crippen LogP contribution >= 0.6 is 0 Å². The maximum Gasteiger partial charge on any atom is 0.157 e. The Bertz CT molecular complexity index is 489. The highest BCUT2D eigenvalue weighted by molar-refractivity contribution is 5.22. The highest BCUT2D eigenvalue weighted by Crippen LogP contribution is 2.14. The molecule has 4 heteroatoms. The molecule has 1 heterocycles. The molecule has 0 saturated heterocycles. The Morgan fingerprint density at radius 3 is 2.44 bits per heavy atom. The topological polar surface area (TPSA) is 47.3 Å². The van der Waals surface area contributed by atoms with E-state index in [1.807, 2.05) is 35.1 Å². The lowest BCUT2D eigenvalue weighted by Crippen LogP contribution is -2.00. The van der Waals surface area contributed by atoms with Crippen LogP contribution in [0.1, 0.15) is 31.0 Å². The third kappa shape index (κ3) is 3.11. The zero-order chi connectivity index (χ0) is 13.0. The second-order valence-electron chi connectivity index (χ2n) is 4.51. The second kappa shape index (κ2) is 5.69. The minimum atomic E-state index is 0.0717. The molecule has 0 spiro atoms. The smallest absolute Gasteiger partial charge is 0.157 e. The third-order valence-corrected chi connectivity index (χ3v) is 2.72. The number of hydrogen-bond acceptors (Lipinski definition) is 3. The molecule has 96 valence electrons. The van der Waals surface area contributed by atoms with Crippen LogP contribution in [0.2, 0.25) is 0 Å². The molecule has 2 aromatic rings. The Morgan fingerprint density at radius 2 is 1.89 bits per heavy atom. The molecule has 0 bridgehead atoms. The molecule has 0 aliphatic carbocycles. The third-order valence-electron chi connectivity index (χ3n) is 2.72. The van der Waals surface area contributed by atoms with Crippen molar-refractivity contribution >= 4 is 0 Å². The molecule has 0 amide bonds. The van der Waals surface area contributed by atoms with Crippen LogP contribution in [-0.2, 0) is 13.2 Å². The summed E-state index contributed by atoms with van der Waals surface area (Å²) in [7, 11) is 0. The molecule has 0 fully saturated rings. The van der Waals surface area contributed by atoms with Crippen molar-refractivity contribution in [3.05, 3.63) is 47.8 Å². The van der Waals surface area contributed by atoms with Crippen molar-refractivity contribution in [2.75, 3.05) is 0 Å². The van der Waals surface area contributed by atoms with Crippen molar-refractivity contribution in [3.8, 4) is 5.75 Å². The lowest BCUT2D eigenvalue weighted by atomic mass is 10.1. The van der Waals surface area contributed by atoms with Crippen LogP contribution in [0, 0.1) is 0 Å². The minimum absolute atomic E-state index is 0.0717. The fourth-order valence-electron chi connectivity index (χ4n) is 1.59. The standard InChI is InChI=1S/C14H18N2O2/c1-11(2)16-8-14(7-15-16)18-10-13-5-3-12(9-17)4-6-13/h3-8,11,17H,9-10H2,1-2H3. The van der Waals surface area contributed by atoms with Gasteiger partial charge in [-0.15, -0.1) is 0 Å². The first-order chi connectivity index (χ1) is 8.69. The average molecular weight is 246 g/mol. The van der Waals surface area contributed by atoms with Gasteiger partial charge in [0, 0.05) is 6.04 Å². The first kappa shape index (κ1) is 12.6. The summed E-state index contributed by atoms with van der Waals surface area (Å²) in [5, 5.41) is 13.2. The zero-order valence-electron chi connectivity index (χ0n) is 10.7. The Labute approximate surface area is 107 Å². The first-order valence-electron chi connectivity index (χ1n) is 6.04. The van der Waals surface area contributed by atoms with E-state index in [1.165, 1.54) is 0 Å². The van der Waals surface area contributed by atoms with Crippen LogP contribution in [0.15, 0.2) is 36.7 Å². The van der Waals surface area contributed by atoms with Gasteiger partial charge in [-0.1, -0.05) is 24.3 Å². The molecule has 0 unspecified atom stereocenters. The van der Waals surface area contributed by atoms with E-state index in [9.17, 15) is 0 Å². The van der Waals surface area contributed by atoms with Crippen molar-refractivity contribution in [1.82, 2.24) is 9.78 Å². The van der Waals surface area contributed by atoms with Gasteiger partial charge >= 0.3 is 0 Å². The van der Waals surface area contributed by atoms with Crippen LogP contribution in [0.25, 0.3) is 0 Å². The Kier molecular flexibility index (Phi) is 3.99. The van der Waals surface area contributed by atoms with Crippen molar-refractivity contribution in [1.29, 1.82) is 0 Å². The predicted octanol–water partition coefficient (Wildman–Crippen LogP) is 2.54. The van der Waals surface area contributed by atoms with Crippen LogP contribution in [0.5, 0.6) is 5.75 Å². The summed E-state index contributed by atoms with van der Waals surface area (Å²) in [5.74, 6) is 0.773. The zero-order valence-corrected chi connectivity index (χ0v) is 10.7. The highest BCUT2D eigenvalue weighted by Gasteiger charge is 2.02. The summed E-state index contributed by atoms with van der Waals surface area (Å²) in [6, 6.07) is 8.05. The fourth-order valence-corrected chi connectivity index (χ4v) is 1.59. The molecule has 1 N–H and O–H groups in total. The Hall–Kier alpha value is -1.81. The van der Waals surface area contributed by atoms with E-state index in [4.69, 9.17) is 9.84 Å². The fraction of sp³-hybridized carbons (Fsp3) is 0.357. The van der Waals surface area contributed by atoms with Crippen molar-refractivity contribution in [2.45, 2.75) is 33.1 Å². The van der Waals surface area contributed by atoms with Gasteiger partial charge in [0.2, 0.25) is 0 Å². The van der Waals surface area contributed by atoms with Crippen molar-refractivity contribution < 1.29 is 9.84 Å². The largest absolute Gasteiger partial charge is 0.486 e. The molecule has 2 rings (SSSR count). The van der Waals surface area contributed by atoms with E-state index < -0.39 is 0 Å². The van der Waals surface area contributed by atoms with E-state index in [0.717, 1.165) is 16.9 Å². The normalized spacial score (nSPS) is 10.9. The molecular formula is C14H18N2O2. The quantitative estimate of drug-likeness (QED) is 0.882. The maximum atomic E-state index is 8.95. The molecule has 1 aromatic heterocycles. The van der Waals surface area contributed by atoms with Gasteiger partial charge in [0.25, 0.3) is 0 Å². The Morgan fingerprint density at radius 1 is 1.22 bits per heavy atom. The summed E-state index contributed by atoms with van der Waals surface area (Å²) in [6.45, 7) is 4.73. The van der Waals surface area contributed by atoms with E-state index in [0.29, 0.717) is 12.6 Å². The number of benzene rings is 1. The molecule has 4 nitrogen and oxygen atoms in total. The van der Waals surface area contributed by atoms with E-state index in [-0.39, 0.29) is 6.61 Å². The van der Waals surface area contributed by atoms with E-state index in [1.54, 1.807) is 6.20 Å². The second-order valence-corrected chi connectivity index (χ2v) is 4.51. The van der Waals surface area contributed by atoms with Gasteiger partial charge in [-0.2, -0.15) is 5.10 Å². The van der Waals surface area contributed by atoms with Gasteiger partial charge in [-0.3, -0.25) is 4.68 Å². The van der Waals surface area contributed by atoms with Crippen molar-refractivity contribution in [2.24, 2.45) is 0 Å². The number of aliphatic hydroxyl groups is 1. The van der Waals surface area contributed by atoms with E-state index >= 15 is 0 Å². The summed E-state index contributed by atoms with van der Waals surface area (Å²) in [5.41, 5.74) is 1.98. The number of nitrogens with zero attached hydrogens (tertiary/aromatic N) is 2. The van der Waals surface area contributed by atoms with Crippen LogP contribution < -0.4 is 4.74 Å². The van der Waals surface area contributed by atoms with Gasteiger partial charge in [0.15, 0.2) is 5.75 Å². The summed E-state index contributed by atoms with van der Waals surface area (Å²) < 4.78 is 7.52. The monoisotopic (exact) mass is 246 g/mol. The predicted molar refractivity (Wildman–Crippen MR) is 69.3 cm³/mol. The highest BCUT2D eigenvalue weighted by atomic mass is 16.5. The number of rotatable bonds is 5. The summed E-state index contributed by atoms with van der Waals surface area (Å²) >= 11 is 0. The van der Waals surface area contributed by atoms with Crippen LogP contribution in [0.3, 0.4) is 0 Å². The molecule has 18 heavy (non-hydrogen) atoms. The van der Waals surface area contributed by atoms with Crippen LogP contribution in [0.4, 0.5) is 0 Å². The number of aromatic nitrogens is 2. The number of hydrogen-bond donors (Lipinski definition) is 1. The molecule has 1 aromatic carbocycles. The molecule has 0 saturated carbocycles. The van der Waals surface area contributed by atoms with Gasteiger partial charge in [-0.05, 0) is 25.0 Å². The summed E-state index contributed by atoms with van der Waals surface area (Å²) in [4.78, 5) is 0. The van der Waals surface area contributed by atoms with Gasteiger partial charge in [-0.25, -0.2) is 0 Å². The lowest BCUT2D eigenvalue weighted by molar-refractivity contribution is 0.281. The molecule has 0 radical (unpaired) electrons. The maximum absolute atomic E-state index is 8.95. The van der Waals surface area contributed by atoms with Crippen molar-refractivity contribution in [3.63, 3.8) is 0 Å². The van der Waals surface area contributed by atoms with Gasteiger partial charge in [0.05, 0.1) is 19.0 Å². The van der Waals surface area contributed by atoms with Gasteiger partial charge < -0.3 is 9.84 Å². The molecule has 0 aliphatic rings. The van der Waals surface area contributed by atoms with Crippen LogP contribution in [-0.4, -0.2) is 14.9 Å². The first-order valence-corrected chi connectivity index (χ1v) is 6.04. The average Bonchev–Trinajstić information content (AvgIpc) is 2.86. The molecular weight excluding hydrogens is 228 g/mol. The van der Waals surface area contributed by atoms with Gasteiger partial charge in [0.1, 0.15) is 6.61 Å². The summed E-state index contributed by atoms with van der Waals surface area (Å²) in [6.07, 6.45) is 3.62.